The van der Waals surface area contributed by atoms with Gasteiger partial charge in [-0.2, -0.15) is 19.9 Å². The fraction of sp³-hybridized carbons (Fsp3) is 0.675. The number of ether oxygens (including phenoxy) is 16. The number of anilines is 4. The molecule has 0 bridgehead atoms. The first-order valence-corrected chi connectivity index (χ1v) is 54.4. The summed E-state index contributed by atoms with van der Waals surface area (Å²) in [5.74, 6) is -0.926. The van der Waals surface area contributed by atoms with Gasteiger partial charge in [0.05, 0.1) is 118 Å². The maximum absolute atomic E-state index is 15.6. The Bertz CT molecular complexity index is 6400. The summed E-state index contributed by atoms with van der Waals surface area (Å²) < 4.78 is 207. The lowest BCUT2D eigenvalue weighted by atomic mass is 10.1. The van der Waals surface area contributed by atoms with Crippen LogP contribution in [-0.2, 0) is 158 Å². The third-order valence-corrected chi connectivity index (χ3v) is 29.7. The molecule has 6 aliphatic heterocycles. The van der Waals surface area contributed by atoms with Crippen LogP contribution in [0, 0.1) is 34.6 Å². The van der Waals surface area contributed by atoms with Gasteiger partial charge in [-0.3, -0.25) is 88.4 Å². The highest BCUT2D eigenvalue weighted by molar-refractivity contribution is 8.44. The molecule has 10 unspecified atom stereocenters. The van der Waals surface area contributed by atoms with E-state index in [0.717, 1.165) is 39.9 Å². The zero-order chi connectivity index (χ0) is 104. The van der Waals surface area contributed by atoms with Gasteiger partial charge < -0.3 is 137 Å². The Morgan fingerprint density at radius 1 is 0.414 bits per heavy atom. The SMILES string of the molecule is C.C.COCCOC1[C@@H](O)[C@@H](COP(O)(=S)O[C@@H]2C(OCCOC)[C@H](n3cc(C)c(N)nc3=O)O[C@@H]2COP(=O)(S)O[C@@H]2C(OCCOC)[C@H](n3cnc4c(=O)[nH]c(N)nc43)O[C@@H]2COP(=O)(O)O[C@@H]2C(OCCOC)[C@H](n3cc(C)c(=O)[nH]c3=O)O[C@@H]2COP(=O)(O)O[C@@H]2C(OCCOC)[C@H](n3cc(C)c(N)nc3=O)O[C@@H]2COP(O)(=S)O[C@@H]2C[C@H](n3cc(C)c(=O)[nH]c3=O)O[C@@H]2C)O[C@H]1n1cc(C)c(N)nc1=O. The number of fused-ring (bicyclic) bond motifs is 1. The zero-order valence-corrected chi connectivity index (χ0v) is 85.1. The van der Waals surface area contributed by atoms with Crippen LogP contribution in [0.25, 0.3) is 11.2 Å². The molecule has 13 heterocycles. The van der Waals surface area contributed by atoms with Gasteiger partial charge in [-0.25, -0.2) is 42.7 Å². The standard InChI is InChI=1S/C75H111N18O42P5S3.2CH4/c1-34-23-89(71(98)81-58(34)76)65-53(115-17-12-110-7)48(94)41(126-65)28-122-139(108,142)135-52-45(129-68(56(52)118-20-15-113-10)91-25-36(3)60(78)83-73(91)100)32-124-140(109,143)134-51-43(130-69(57(51)119-21-16-114-11)93-33-80-47-61(93)84-70(79)85-64(47)97)30-121-137(105,106)132-49-42(127-67(54(49)116-18-13-111-8)92-27-38(5)63(96)87-75(92)102)29-120-136(103,104)133-50-44(128-66(55(50)117-19-14-112-9)90-24-35(2)59(77)82-72(90)99)31-123-138(107,141)131-40-22-46(125-39(40)6)88-26-37(4)62(95)86-74(88)101;;/h23-27,33,39-46,48-57,65-69,94H,12-22,28-32H2,1-11H3,(H,103,104)(H,105,106)(H,107,141)(H,108,142)(H,109,143)(H2,76,81,98)(H2,77,82,99)(H2,78,83,100)(H,86,95,101)(H,87,96,102)(H3,79,84,85,97);2*1H4/t39-,40-,41-,42-,43-,44-,45-,46-,48+,49+,50+,51+,52+,53?,54?,55?,56?,57?,65-,66-,67-,68-,69-,138?,139?,140?;;/m1../s1. The summed E-state index contributed by atoms with van der Waals surface area (Å²) in [4.78, 5) is 182. The van der Waals surface area contributed by atoms with Crippen LogP contribution in [0.2, 0.25) is 0 Å². The van der Waals surface area contributed by atoms with Crippen molar-refractivity contribution in [2.24, 2.45) is 0 Å². The number of aryl methyl sites for hydroxylation is 5. The average Bonchev–Trinajstić information content (AvgIpc) is 1.62. The molecule has 28 atom stereocenters. The van der Waals surface area contributed by atoms with Gasteiger partial charge in [-0.1, -0.05) is 27.1 Å². The number of nitrogens with zero attached hydrogens (tertiary/aromatic N) is 11. The number of thiol groups is 1. The molecule has 6 aliphatic rings. The van der Waals surface area contributed by atoms with Crippen molar-refractivity contribution in [3.8, 4) is 0 Å². The third-order valence-electron chi connectivity index (χ3n) is 23.0. The molecule has 0 saturated carbocycles. The van der Waals surface area contributed by atoms with Crippen LogP contribution in [0.15, 0.2) is 75.7 Å². The van der Waals surface area contributed by atoms with E-state index in [4.69, 9.17) is 168 Å². The first kappa shape index (κ1) is 118. The summed E-state index contributed by atoms with van der Waals surface area (Å²) >= 11 is 15.6. The number of nitrogens with two attached hydrogens (primary N) is 4. The minimum atomic E-state index is -5.99. The zero-order valence-electron chi connectivity index (χ0n) is 78.1. The van der Waals surface area contributed by atoms with Crippen LogP contribution in [0.3, 0.4) is 0 Å². The van der Waals surface area contributed by atoms with E-state index in [1.54, 1.807) is 6.92 Å². The normalized spacial score (nSPS) is 29.0. The second kappa shape index (κ2) is 50.7. The molecule has 6 fully saturated rings. The Kier molecular flexibility index (Phi) is 41.2. The van der Waals surface area contributed by atoms with E-state index < -0.39 is 274 Å². The predicted octanol–water partition coefficient (Wildman–Crippen LogP) is -0.872. The van der Waals surface area contributed by atoms with Crippen LogP contribution >= 0.6 is 48.1 Å². The third kappa shape index (κ3) is 28.7. The molecule has 16 N–H and O–H groups in total. The van der Waals surface area contributed by atoms with Gasteiger partial charge in [0.2, 0.25) is 5.95 Å². The molecule has 0 amide bonds. The second-order valence-corrected chi connectivity index (χ2v) is 44.2. The molecule has 812 valence electrons. The molecule has 0 aliphatic carbocycles. The van der Waals surface area contributed by atoms with E-state index in [2.05, 4.69) is 52.1 Å². The number of H-pyrrole nitrogens is 3. The molecule has 7 aromatic heterocycles. The summed E-state index contributed by atoms with van der Waals surface area (Å²) in [6.07, 6.45) is -31.2. The Morgan fingerprint density at radius 2 is 0.752 bits per heavy atom. The van der Waals surface area contributed by atoms with Crippen molar-refractivity contribution in [3.63, 3.8) is 0 Å². The molecule has 6 saturated heterocycles. The Morgan fingerprint density at radius 3 is 1.18 bits per heavy atom. The summed E-state index contributed by atoms with van der Waals surface area (Å²) in [5, 5.41) is 11.8. The molecule has 13 rings (SSSR count). The number of hydrogen-bond donors (Lipinski definition) is 13. The van der Waals surface area contributed by atoms with Gasteiger partial charge in [0, 0.05) is 101 Å². The van der Waals surface area contributed by atoms with Crippen molar-refractivity contribution >= 4 is 106 Å². The van der Waals surface area contributed by atoms with E-state index in [1.807, 2.05) is 0 Å². The fourth-order valence-electron chi connectivity index (χ4n) is 15.9. The minimum absolute atomic E-state index is 0. The minimum Gasteiger partial charge on any atom is -0.387 e. The number of aliphatic hydroxyl groups excluding tert-OH is 1. The molecule has 0 radical (unpaired) electrons. The monoisotopic (exact) mass is 2220 g/mol. The molecule has 60 nitrogen and oxygen atoms in total. The van der Waals surface area contributed by atoms with Gasteiger partial charge in [-0.15, -0.1) is 0 Å². The highest BCUT2D eigenvalue weighted by Gasteiger charge is 2.59. The maximum Gasteiger partial charge on any atom is 0.472 e. The average molecular weight is 2220 g/mol. The molecule has 0 spiro atoms. The van der Waals surface area contributed by atoms with E-state index >= 15 is 13.7 Å². The van der Waals surface area contributed by atoms with E-state index in [-0.39, 0.29) is 125 Å². The number of imidazole rings is 1. The summed E-state index contributed by atoms with van der Waals surface area (Å²) in [5.41, 5.74) is 17.0. The van der Waals surface area contributed by atoms with E-state index in [1.165, 1.54) is 95.0 Å². The number of nitrogen functional groups attached to an aromatic ring is 4. The van der Waals surface area contributed by atoms with Crippen molar-refractivity contribution in [2.45, 2.75) is 204 Å². The van der Waals surface area contributed by atoms with Crippen LogP contribution in [-0.4, -0.2) is 330 Å². The van der Waals surface area contributed by atoms with Crippen LogP contribution < -0.4 is 68.1 Å². The van der Waals surface area contributed by atoms with Crippen molar-refractivity contribution in [1.82, 2.24) is 67.3 Å². The number of aromatic nitrogens is 14. The summed E-state index contributed by atoms with van der Waals surface area (Å²) in [6, 6.07) is 0. The van der Waals surface area contributed by atoms with Crippen LogP contribution in [0.1, 0.15) is 93.4 Å². The Labute approximate surface area is 838 Å². The van der Waals surface area contributed by atoms with Gasteiger partial charge in [0.15, 0.2) is 42.3 Å². The van der Waals surface area contributed by atoms with Gasteiger partial charge in [0.1, 0.15) is 115 Å². The smallest absolute Gasteiger partial charge is 0.387 e. The number of aromatic amines is 3. The van der Waals surface area contributed by atoms with Gasteiger partial charge in [0.25, 0.3) is 16.7 Å². The largest absolute Gasteiger partial charge is 0.472 e. The number of phosphoric acid groups is 2. The van der Waals surface area contributed by atoms with Crippen molar-refractivity contribution in [3.05, 3.63) is 149 Å². The molecular weight excluding hydrogens is 2100 g/mol. The van der Waals surface area contributed by atoms with Gasteiger partial charge >= 0.3 is 64.3 Å². The Balaban J connectivity index is 0.0000100. The molecule has 0 aromatic carbocycles. The molecule has 68 heteroatoms. The van der Waals surface area contributed by atoms with Crippen molar-refractivity contribution < 1.29 is 159 Å². The number of aliphatic hydroxyl groups is 1. The van der Waals surface area contributed by atoms with Crippen molar-refractivity contribution in [1.29, 1.82) is 0 Å². The second-order valence-electron chi connectivity index (χ2n) is 33.0. The first-order valence-electron chi connectivity index (χ1n) is 43.5. The molecule has 7 aromatic rings. The molecule has 145 heavy (non-hydrogen) atoms. The van der Waals surface area contributed by atoms with Crippen LogP contribution in [0.5, 0.6) is 0 Å². The molecular formula is C77H119N18O42P5S3. The predicted molar refractivity (Wildman–Crippen MR) is 512 cm³/mol. The van der Waals surface area contributed by atoms with Gasteiger partial charge in [-0.05, 0) is 65.2 Å². The number of phosphoric ester groups is 2. The number of hydrogen-bond acceptors (Lipinski definition) is 49. The number of rotatable bonds is 51. The highest BCUT2D eigenvalue weighted by atomic mass is 32.7. The van der Waals surface area contributed by atoms with Crippen molar-refractivity contribution in [2.75, 3.05) is 158 Å². The summed E-state index contributed by atoms with van der Waals surface area (Å²) in [6.45, 7) is -13.4. The van der Waals surface area contributed by atoms with E-state index in [9.17, 15) is 63.0 Å². The lowest BCUT2D eigenvalue weighted by Gasteiger charge is -2.30. The number of nitrogens with one attached hydrogen (secondary N) is 3. The lowest BCUT2D eigenvalue weighted by Crippen LogP contribution is -2.42. The van der Waals surface area contributed by atoms with Crippen LogP contribution in [0.4, 0.5) is 23.4 Å². The summed E-state index contributed by atoms with van der Waals surface area (Å²) in [7, 11) is -5.23. The maximum atomic E-state index is 15.6. The first-order chi connectivity index (χ1) is 67.7. The quantitative estimate of drug-likeness (QED) is 0.0125. The fourth-order valence-corrected chi connectivity index (χ4v) is 22.3. The lowest BCUT2D eigenvalue weighted by molar-refractivity contribution is -0.0849. The topological polar surface area (TPSA) is 774 Å². The highest BCUT2D eigenvalue weighted by Crippen LogP contribution is 2.60. The van der Waals surface area contributed by atoms with E-state index in [0.29, 0.717) is 5.56 Å². The number of methoxy groups -OCH3 is 5. The Hall–Kier alpha value is -7.35.